The van der Waals surface area contributed by atoms with E-state index in [1.165, 1.54) is 6.26 Å². The maximum atomic E-state index is 11.3. The van der Waals surface area contributed by atoms with Crippen molar-refractivity contribution in [1.29, 1.82) is 0 Å². The Kier molecular flexibility index (Phi) is 2.79. The lowest BCUT2D eigenvalue weighted by molar-refractivity contribution is -0.169. The molecule has 2 fully saturated rings. The van der Waals surface area contributed by atoms with Gasteiger partial charge >= 0.3 is 0 Å². The average molecular weight is 236 g/mol. The van der Waals surface area contributed by atoms with Gasteiger partial charge in [0, 0.05) is 12.2 Å². The van der Waals surface area contributed by atoms with Gasteiger partial charge in [0.15, 0.2) is 15.6 Å². The first-order chi connectivity index (χ1) is 6.95. The van der Waals surface area contributed by atoms with Gasteiger partial charge in [-0.2, -0.15) is 0 Å². The number of hydrogen-bond acceptors (Lipinski definition) is 5. The summed E-state index contributed by atoms with van der Waals surface area (Å²) in [5, 5.41) is 8.94. The van der Waals surface area contributed by atoms with Crippen molar-refractivity contribution in [2.45, 2.75) is 24.7 Å². The summed E-state index contributed by atoms with van der Waals surface area (Å²) in [5.41, 5.74) is 0. The summed E-state index contributed by atoms with van der Waals surface area (Å²) >= 11 is 0. The van der Waals surface area contributed by atoms with Crippen molar-refractivity contribution in [3.63, 3.8) is 0 Å². The van der Waals surface area contributed by atoms with Crippen LogP contribution in [0, 0.1) is 5.92 Å². The van der Waals surface area contributed by atoms with Crippen molar-refractivity contribution in [1.82, 2.24) is 0 Å². The predicted molar refractivity (Wildman–Crippen MR) is 53.1 cm³/mol. The van der Waals surface area contributed by atoms with Crippen LogP contribution in [0.15, 0.2) is 0 Å². The molecule has 0 aromatic rings. The molecule has 0 bridgehead atoms. The van der Waals surface area contributed by atoms with Crippen molar-refractivity contribution in [3.8, 4) is 0 Å². The minimum absolute atomic E-state index is 0.110. The maximum absolute atomic E-state index is 11.3. The third-order valence-electron chi connectivity index (χ3n) is 2.75. The van der Waals surface area contributed by atoms with Crippen LogP contribution in [0.2, 0.25) is 0 Å². The van der Waals surface area contributed by atoms with E-state index in [4.69, 9.17) is 14.6 Å². The fourth-order valence-corrected chi connectivity index (χ4v) is 3.09. The zero-order valence-corrected chi connectivity index (χ0v) is 9.50. The molecule has 1 saturated heterocycles. The van der Waals surface area contributed by atoms with Gasteiger partial charge in [-0.25, -0.2) is 8.42 Å². The summed E-state index contributed by atoms with van der Waals surface area (Å²) < 4.78 is 33.6. The van der Waals surface area contributed by atoms with E-state index in [1.54, 1.807) is 0 Å². The van der Waals surface area contributed by atoms with Gasteiger partial charge in [-0.05, 0) is 12.8 Å². The molecule has 0 aromatic carbocycles. The molecule has 2 unspecified atom stereocenters. The van der Waals surface area contributed by atoms with Gasteiger partial charge < -0.3 is 14.6 Å². The van der Waals surface area contributed by atoms with Crippen LogP contribution >= 0.6 is 0 Å². The maximum Gasteiger partial charge on any atom is 0.185 e. The summed E-state index contributed by atoms with van der Waals surface area (Å²) in [6.07, 6.45) is 2.67. The molecule has 0 radical (unpaired) electrons. The molecule has 2 rings (SSSR count). The first-order valence-electron chi connectivity index (χ1n) is 5.05. The Morgan fingerprint density at radius 2 is 2.13 bits per heavy atom. The zero-order chi connectivity index (χ0) is 11.1. The van der Waals surface area contributed by atoms with Crippen molar-refractivity contribution in [2.75, 3.05) is 25.2 Å². The van der Waals surface area contributed by atoms with Gasteiger partial charge in [-0.1, -0.05) is 0 Å². The number of rotatable bonds is 4. The van der Waals surface area contributed by atoms with Crippen LogP contribution in [0.4, 0.5) is 0 Å². The third kappa shape index (κ3) is 2.50. The Balaban J connectivity index is 2.12. The highest BCUT2D eigenvalue weighted by Gasteiger charge is 2.54. The van der Waals surface area contributed by atoms with Crippen molar-refractivity contribution in [2.24, 2.45) is 5.92 Å². The first kappa shape index (κ1) is 11.3. The molecule has 2 aliphatic rings. The van der Waals surface area contributed by atoms with Crippen molar-refractivity contribution >= 4 is 9.84 Å². The second-order valence-corrected chi connectivity index (χ2v) is 6.53. The molecule has 6 heteroatoms. The molecular weight excluding hydrogens is 220 g/mol. The zero-order valence-electron chi connectivity index (χ0n) is 8.68. The lowest BCUT2D eigenvalue weighted by Crippen LogP contribution is -2.41. The molecule has 88 valence electrons. The second kappa shape index (κ2) is 3.69. The standard InChI is InChI=1S/C9H16O5S/c1-15(11,12)6-9(7-2-3-7)13-5-8(4-10)14-9/h7-8,10H,2-6H2,1H3. The fourth-order valence-electron chi connectivity index (χ4n) is 1.97. The molecule has 15 heavy (non-hydrogen) atoms. The van der Waals surface area contributed by atoms with E-state index in [0.29, 0.717) is 0 Å². The largest absolute Gasteiger partial charge is 0.394 e. The van der Waals surface area contributed by atoms with Gasteiger partial charge in [0.05, 0.1) is 13.2 Å². The number of aliphatic hydroxyl groups is 1. The Bertz CT molecular complexity index is 334. The van der Waals surface area contributed by atoms with E-state index in [-0.39, 0.29) is 31.0 Å². The lowest BCUT2D eigenvalue weighted by Gasteiger charge is -2.26. The number of sulfone groups is 1. The third-order valence-corrected chi connectivity index (χ3v) is 3.67. The van der Waals surface area contributed by atoms with Gasteiger partial charge in [0.25, 0.3) is 0 Å². The highest BCUT2D eigenvalue weighted by molar-refractivity contribution is 7.90. The monoisotopic (exact) mass is 236 g/mol. The number of hydrogen-bond donors (Lipinski definition) is 1. The number of ether oxygens (including phenoxy) is 2. The first-order valence-corrected chi connectivity index (χ1v) is 7.11. The van der Waals surface area contributed by atoms with Gasteiger partial charge in [-0.3, -0.25) is 0 Å². The normalized spacial score (nSPS) is 37.1. The molecule has 0 spiro atoms. The van der Waals surface area contributed by atoms with E-state index in [9.17, 15) is 8.42 Å². The predicted octanol–water partition coefficient (Wildman–Crippen LogP) is -0.455. The molecule has 1 aliphatic carbocycles. The van der Waals surface area contributed by atoms with Gasteiger partial charge in [0.1, 0.15) is 11.9 Å². The quantitative estimate of drug-likeness (QED) is 0.715. The second-order valence-electron chi connectivity index (χ2n) is 4.39. The summed E-state index contributed by atoms with van der Waals surface area (Å²) in [5.74, 6) is -0.925. The van der Waals surface area contributed by atoms with E-state index < -0.39 is 15.6 Å². The Hall–Kier alpha value is -0.170. The molecule has 5 nitrogen and oxygen atoms in total. The summed E-state index contributed by atoms with van der Waals surface area (Å²) in [6, 6.07) is 0. The van der Waals surface area contributed by atoms with Crippen LogP contribution in [0.3, 0.4) is 0 Å². The summed E-state index contributed by atoms with van der Waals surface area (Å²) in [4.78, 5) is 0. The van der Waals surface area contributed by atoms with Crippen LogP contribution in [-0.4, -0.2) is 50.6 Å². The molecule has 1 N–H and O–H groups in total. The van der Waals surface area contributed by atoms with Crippen LogP contribution in [0.25, 0.3) is 0 Å². The van der Waals surface area contributed by atoms with E-state index in [0.717, 1.165) is 12.8 Å². The minimum Gasteiger partial charge on any atom is -0.394 e. The Morgan fingerprint density at radius 3 is 2.53 bits per heavy atom. The number of aliphatic hydroxyl groups excluding tert-OH is 1. The highest BCUT2D eigenvalue weighted by atomic mass is 32.2. The van der Waals surface area contributed by atoms with Gasteiger partial charge in [-0.15, -0.1) is 0 Å². The van der Waals surface area contributed by atoms with Crippen molar-refractivity contribution < 1.29 is 23.0 Å². The average Bonchev–Trinajstić information content (AvgIpc) is 2.88. The Labute approximate surface area is 89.3 Å². The smallest absolute Gasteiger partial charge is 0.185 e. The highest BCUT2D eigenvalue weighted by Crippen LogP contribution is 2.46. The molecule has 0 amide bonds. The minimum atomic E-state index is -3.13. The molecule has 1 heterocycles. The van der Waals surface area contributed by atoms with Crippen LogP contribution in [-0.2, 0) is 19.3 Å². The van der Waals surface area contributed by atoms with Crippen LogP contribution in [0.5, 0.6) is 0 Å². The lowest BCUT2D eigenvalue weighted by atomic mass is 10.2. The molecule has 1 aliphatic heterocycles. The Morgan fingerprint density at radius 1 is 1.47 bits per heavy atom. The van der Waals surface area contributed by atoms with Crippen LogP contribution in [0.1, 0.15) is 12.8 Å². The summed E-state index contributed by atoms with van der Waals surface area (Å²) in [6.45, 7) is 0.154. The fraction of sp³-hybridized carbons (Fsp3) is 1.00. The molecule has 2 atom stereocenters. The van der Waals surface area contributed by atoms with Gasteiger partial charge in [0.2, 0.25) is 0 Å². The van der Waals surface area contributed by atoms with Crippen molar-refractivity contribution in [3.05, 3.63) is 0 Å². The van der Waals surface area contributed by atoms with Crippen LogP contribution < -0.4 is 0 Å². The topological polar surface area (TPSA) is 72.8 Å². The van der Waals surface area contributed by atoms with E-state index >= 15 is 0 Å². The molecular formula is C9H16O5S. The SMILES string of the molecule is CS(=O)(=O)CC1(C2CC2)OCC(CO)O1. The van der Waals surface area contributed by atoms with E-state index in [2.05, 4.69) is 0 Å². The van der Waals surface area contributed by atoms with E-state index in [1.807, 2.05) is 0 Å². The summed E-state index contributed by atoms with van der Waals surface area (Å²) in [7, 11) is -3.13. The molecule has 0 aromatic heterocycles. The molecule has 1 saturated carbocycles.